The number of rotatable bonds is 6. The van der Waals surface area contributed by atoms with Crippen LogP contribution in [0.15, 0.2) is 12.2 Å². The van der Waals surface area contributed by atoms with Crippen molar-refractivity contribution in [2.24, 2.45) is 0 Å². The molecule has 13 heavy (non-hydrogen) atoms. The van der Waals surface area contributed by atoms with Gasteiger partial charge in [0.15, 0.2) is 0 Å². The molecular formula is C9H15NaO3. The van der Waals surface area contributed by atoms with E-state index < -0.39 is 12.1 Å². The Morgan fingerprint density at radius 2 is 2.15 bits per heavy atom. The minimum Gasteiger partial charge on any atom is -0.545 e. The molecule has 0 bridgehead atoms. The number of aliphatic hydroxyl groups excluding tert-OH is 1. The Labute approximate surface area is 101 Å². The molecule has 0 amide bonds. The maximum atomic E-state index is 9.92. The van der Waals surface area contributed by atoms with Gasteiger partial charge >= 0.3 is 29.6 Å². The van der Waals surface area contributed by atoms with E-state index in [-0.39, 0.29) is 29.6 Å². The van der Waals surface area contributed by atoms with Gasteiger partial charge < -0.3 is 15.0 Å². The van der Waals surface area contributed by atoms with Gasteiger partial charge in [-0.05, 0) is 12.5 Å². The van der Waals surface area contributed by atoms with Crippen LogP contribution < -0.4 is 34.7 Å². The Hall–Kier alpha value is 0.170. The fourth-order valence-corrected chi connectivity index (χ4v) is 0.889. The van der Waals surface area contributed by atoms with Gasteiger partial charge in [0.05, 0.1) is 12.1 Å². The topological polar surface area (TPSA) is 60.4 Å². The van der Waals surface area contributed by atoms with Gasteiger partial charge in [-0.3, -0.25) is 0 Å². The number of hydrogen-bond donors (Lipinski definition) is 1. The van der Waals surface area contributed by atoms with Crippen molar-refractivity contribution in [1.82, 2.24) is 0 Å². The van der Waals surface area contributed by atoms with E-state index >= 15 is 0 Å². The number of aliphatic hydroxyl groups is 1. The van der Waals surface area contributed by atoms with Gasteiger partial charge in [0.2, 0.25) is 0 Å². The fourth-order valence-electron chi connectivity index (χ4n) is 0.889. The number of hydrogen-bond acceptors (Lipinski definition) is 3. The van der Waals surface area contributed by atoms with Gasteiger partial charge in [-0.1, -0.05) is 32.3 Å². The third-order valence-corrected chi connectivity index (χ3v) is 1.56. The summed E-state index contributed by atoms with van der Waals surface area (Å²) in [4.78, 5) is 9.92. The van der Waals surface area contributed by atoms with E-state index in [1.54, 1.807) is 0 Å². The first-order valence-corrected chi connectivity index (χ1v) is 4.24. The molecule has 3 nitrogen and oxygen atoms in total. The van der Waals surface area contributed by atoms with Gasteiger partial charge in [0, 0.05) is 0 Å². The summed E-state index contributed by atoms with van der Waals surface area (Å²) in [5, 5.41) is 19.1. The minimum atomic E-state index is -1.26. The average Bonchev–Trinajstić information content (AvgIpc) is 2.01. The Morgan fingerprint density at radius 1 is 1.54 bits per heavy atom. The summed E-state index contributed by atoms with van der Waals surface area (Å²) in [5.41, 5.74) is 0. The summed E-state index contributed by atoms with van der Waals surface area (Å²) < 4.78 is 0. The molecule has 0 aromatic heterocycles. The second-order valence-corrected chi connectivity index (χ2v) is 2.74. The van der Waals surface area contributed by atoms with E-state index in [4.69, 9.17) is 5.11 Å². The van der Waals surface area contributed by atoms with Crippen LogP contribution >= 0.6 is 0 Å². The van der Waals surface area contributed by atoms with Crippen molar-refractivity contribution in [3.05, 3.63) is 12.2 Å². The molecular weight excluding hydrogens is 179 g/mol. The molecule has 0 aromatic rings. The molecule has 1 unspecified atom stereocenters. The molecule has 0 heterocycles. The molecule has 0 rings (SSSR count). The smallest absolute Gasteiger partial charge is 0.545 e. The number of aliphatic carboxylic acids is 1. The predicted molar refractivity (Wildman–Crippen MR) is 44.3 cm³/mol. The maximum absolute atomic E-state index is 9.92. The first-order chi connectivity index (χ1) is 5.66. The van der Waals surface area contributed by atoms with Gasteiger partial charge in [-0.25, -0.2) is 0 Å². The van der Waals surface area contributed by atoms with Crippen molar-refractivity contribution in [1.29, 1.82) is 0 Å². The van der Waals surface area contributed by atoms with Crippen LogP contribution in [0.3, 0.4) is 0 Å². The number of carboxylic acid groups (broad SMARTS) is 1. The molecule has 0 radical (unpaired) electrons. The molecule has 1 N–H and O–H groups in total. The van der Waals surface area contributed by atoms with Gasteiger partial charge in [-0.2, -0.15) is 0 Å². The van der Waals surface area contributed by atoms with Crippen LogP contribution in [0.5, 0.6) is 0 Å². The van der Waals surface area contributed by atoms with Crippen molar-refractivity contribution < 1.29 is 44.6 Å². The van der Waals surface area contributed by atoms with Crippen LogP contribution in [0.1, 0.15) is 32.6 Å². The van der Waals surface area contributed by atoms with Crippen LogP contribution in [0.2, 0.25) is 0 Å². The Morgan fingerprint density at radius 3 is 2.62 bits per heavy atom. The molecule has 0 aliphatic rings. The third kappa shape index (κ3) is 12.2. The molecule has 4 heteroatoms. The molecule has 0 aromatic carbocycles. The average molecular weight is 194 g/mol. The van der Waals surface area contributed by atoms with E-state index in [9.17, 15) is 9.90 Å². The van der Waals surface area contributed by atoms with Crippen LogP contribution in [0.4, 0.5) is 0 Å². The predicted octanol–water partition coefficient (Wildman–Crippen LogP) is -2.76. The van der Waals surface area contributed by atoms with Crippen molar-refractivity contribution in [3.63, 3.8) is 0 Å². The monoisotopic (exact) mass is 194 g/mol. The number of carbonyl (C=O) groups excluding carboxylic acids is 1. The largest absolute Gasteiger partial charge is 1.00 e. The number of unbranched alkanes of at least 4 members (excludes halogenated alkanes) is 2. The Bertz CT molecular complexity index is 157. The molecule has 0 spiro atoms. The zero-order valence-electron chi connectivity index (χ0n) is 8.32. The van der Waals surface area contributed by atoms with E-state index in [2.05, 4.69) is 6.92 Å². The van der Waals surface area contributed by atoms with Gasteiger partial charge in [0.25, 0.3) is 0 Å². The molecule has 1 atom stereocenters. The summed E-state index contributed by atoms with van der Waals surface area (Å²) in [6.45, 7) is 2.07. The van der Waals surface area contributed by atoms with E-state index in [1.807, 2.05) is 0 Å². The summed E-state index contributed by atoms with van der Waals surface area (Å²) >= 11 is 0. The zero-order chi connectivity index (χ0) is 9.40. The van der Waals surface area contributed by atoms with Crippen molar-refractivity contribution in [2.45, 2.75) is 38.7 Å². The standard InChI is InChI=1S/C9H16O3.Na/c1-2-3-4-5-8(10)6-7-9(11)12;/h6-8,10H,2-5H2,1H3,(H,11,12);/q;+1/p-1. The summed E-state index contributed by atoms with van der Waals surface area (Å²) in [5.74, 6) is -1.26. The van der Waals surface area contributed by atoms with Crippen LogP contribution in [-0.4, -0.2) is 17.2 Å². The SMILES string of the molecule is CCCCCC(O)C=CC(=O)[O-].[Na+]. The van der Waals surface area contributed by atoms with Crippen LogP contribution in [0, 0.1) is 0 Å². The maximum Gasteiger partial charge on any atom is 1.00 e. The van der Waals surface area contributed by atoms with Gasteiger partial charge in [0.1, 0.15) is 0 Å². The molecule has 0 saturated carbocycles. The van der Waals surface area contributed by atoms with E-state index in [0.29, 0.717) is 6.42 Å². The minimum absolute atomic E-state index is 0. The molecule has 0 aliphatic heterocycles. The molecule has 0 fully saturated rings. The Balaban J connectivity index is 0. The Kier molecular flexibility index (Phi) is 12.3. The van der Waals surface area contributed by atoms with E-state index in [1.165, 1.54) is 6.08 Å². The molecule has 0 saturated heterocycles. The summed E-state index contributed by atoms with van der Waals surface area (Å²) in [7, 11) is 0. The van der Waals surface area contributed by atoms with E-state index in [0.717, 1.165) is 25.3 Å². The third-order valence-electron chi connectivity index (χ3n) is 1.56. The molecule has 70 valence electrons. The van der Waals surface area contributed by atoms with Crippen LogP contribution in [-0.2, 0) is 4.79 Å². The zero-order valence-corrected chi connectivity index (χ0v) is 10.3. The number of carbonyl (C=O) groups is 1. The first-order valence-electron chi connectivity index (χ1n) is 4.24. The second kappa shape index (κ2) is 10.3. The van der Waals surface area contributed by atoms with Crippen molar-refractivity contribution in [3.8, 4) is 0 Å². The normalized spacial score (nSPS) is 12.5. The molecule has 0 aliphatic carbocycles. The quantitative estimate of drug-likeness (QED) is 0.283. The summed E-state index contributed by atoms with van der Waals surface area (Å²) in [6.07, 6.45) is 5.19. The second-order valence-electron chi connectivity index (χ2n) is 2.74. The summed E-state index contributed by atoms with van der Waals surface area (Å²) in [6, 6.07) is 0. The van der Waals surface area contributed by atoms with Crippen molar-refractivity contribution in [2.75, 3.05) is 0 Å². The van der Waals surface area contributed by atoms with Crippen molar-refractivity contribution >= 4 is 5.97 Å². The van der Waals surface area contributed by atoms with Crippen LogP contribution in [0.25, 0.3) is 0 Å². The fraction of sp³-hybridized carbons (Fsp3) is 0.667. The number of carboxylic acids is 1. The first kappa shape index (κ1) is 15.6. The van der Waals surface area contributed by atoms with Gasteiger partial charge in [-0.15, -0.1) is 0 Å².